The molecule has 0 aliphatic carbocycles. The van der Waals surface area contributed by atoms with Crippen molar-refractivity contribution in [1.82, 2.24) is 4.31 Å². The van der Waals surface area contributed by atoms with Crippen LogP contribution in [0.25, 0.3) is 0 Å². The number of amides is 1. The van der Waals surface area contributed by atoms with Crippen LogP contribution in [0.1, 0.15) is 18.4 Å². The summed E-state index contributed by atoms with van der Waals surface area (Å²) in [7, 11) is -3.67. The monoisotopic (exact) mass is 387 g/mol. The predicted molar refractivity (Wildman–Crippen MR) is 97.7 cm³/mol. The van der Waals surface area contributed by atoms with Crippen molar-refractivity contribution in [2.75, 3.05) is 18.4 Å². The number of sulfonamides is 1. The van der Waals surface area contributed by atoms with Crippen molar-refractivity contribution in [1.29, 1.82) is 5.26 Å². The molecule has 1 fully saturated rings. The average Bonchev–Trinajstić information content (AvgIpc) is 2.68. The molecule has 1 saturated heterocycles. The number of carbonyl (C=O) groups is 1. The Morgan fingerprint density at radius 1 is 1.22 bits per heavy atom. The smallest absolute Gasteiger partial charge is 0.243 e. The van der Waals surface area contributed by atoms with Crippen LogP contribution in [-0.2, 0) is 14.8 Å². The maximum Gasteiger partial charge on any atom is 0.243 e. The first-order valence-electron chi connectivity index (χ1n) is 8.47. The predicted octanol–water partition coefficient (Wildman–Crippen LogP) is 2.74. The summed E-state index contributed by atoms with van der Waals surface area (Å²) in [5.41, 5.74) is 0.279. The molecule has 0 saturated carbocycles. The van der Waals surface area contributed by atoms with Gasteiger partial charge in [0.1, 0.15) is 5.82 Å². The molecule has 3 rings (SSSR count). The number of rotatable bonds is 4. The molecule has 1 aliphatic rings. The van der Waals surface area contributed by atoms with E-state index in [1.807, 2.05) is 6.07 Å². The van der Waals surface area contributed by atoms with Crippen LogP contribution < -0.4 is 5.32 Å². The molecule has 1 aliphatic heterocycles. The largest absolute Gasteiger partial charge is 0.326 e. The van der Waals surface area contributed by atoms with Gasteiger partial charge in [0.25, 0.3) is 0 Å². The van der Waals surface area contributed by atoms with E-state index in [1.165, 1.54) is 22.5 Å². The molecule has 6 nitrogen and oxygen atoms in total. The SMILES string of the molecule is N#Cc1cc(F)cc(NC(=O)C2CCCN(S(=O)(=O)c3ccccc3)C2)c1. The molecule has 0 aromatic heterocycles. The van der Waals surface area contributed by atoms with Gasteiger partial charge in [-0.25, -0.2) is 12.8 Å². The molecule has 0 spiro atoms. The number of halogens is 1. The van der Waals surface area contributed by atoms with Gasteiger partial charge >= 0.3 is 0 Å². The normalized spacial score (nSPS) is 17.9. The molecule has 2 aromatic rings. The highest BCUT2D eigenvalue weighted by Gasteiger charge is 2.33. The Morgan fingerprint density at radius 2 is 1.96 bits per heavy atom. The molecule has 0 bridgehead atoms. The lowest BCUT2D eigenvalue weighted by Gasteiger charge is -2.31. The Labute approximate surface area is 157 Å². The van der Waals surface area contributed by atoms with Crippen molar-refractivity contribution in [3.05, 3.63) is 59.9 Å². The van der Waals surface area contributed by atoms with E-state index in [2.05, 4.69) is 5.32 Å². The fraction of sp³-hybridized carbons (Fsp3) is 0.263. The Bertz CT molecular complexity index is 987. The van der Waals surface area contributed by atoms with Gasteiger partial charge in [-0.3, -0.25) is 4.79 Å². The molecule has 1 amide bonds. The molecule has 8 heteroatoms. The van der Waals surface area contributed by atoms with Gasteiger partial charge in [-0.2, -0.15) is 9.57 Å². The quantitative estimate of drug-likeness (QED) is 0.873. The number of hydrogen-bond acceptors (Lipinski definition) is 4. The minimum atomic E-state index is -3.67. The fourth-order valence-electron chi connectivity index (χ4n) is 3.09. The highest BCUT2D eigenvalue weighted by Crippen LogP contribution is 2.25. The van der Waals surface area contributed by atoms with Crippen molar-refractivity contribution in [3.8, 4) is 6.07 Å². The minimum absolute atomic E-state index is 0.0590. The molecule has 2 aromatic carbocycles. The zero-order chi connectivity index (χ0) is 19.4. The lowest BCUT2D eigenvalue weighted by atomic mass is 9.98. The summed E-state index contributed by atoms with van der Waals surface area (Å²) in [6, 6.07) is 13.5. The van der Waals surface area contributed by atoms with Gasteiger partial charge in [0.05, 0.1) is 22.4 Å². The average molecular weight is 387 g/mol. The second-order valence-electron chi connectivity index (χ2n) is 6.34. The minimum Gasteiger partial charge on any atom is -0.326 e. The van der Waals surface area contributed by atoms with E-state index in [4.69, 9.17) is 5.26 Å². The van der Waals surface area contributed by atoms with Crippen LogP contribution in [0.15, 0.2) is 53.4 Å². The first kappa shape index (κ1) is 19.0. The van der Waals surface area contributed by atoms with Crippen LogP contribution in [0, 0.1) is 23.1 Å². The molecular weight excluding hydrogens is 369 g/mol. The van der Waals surface area contributed by atoms with Gasteiger partial charge in [-0.1, -0.05) is 18.2 Å². The zero-order valence-corrected chi connectivity index (χ0v) is 15.2. The van der Waals surface area contributed by atoms with E-state index in [0.717, 1.165) is 12.1 Å². The molecule has 1 heterocycles. The van der Waals surface area contributed by atoms with Crippen molar-refractivity contribution in [3.63, 3.8) is 0 Å². The lowest BCUT2D eigenvalue weighted by molar-refractivity contribution is -0.120. The first-order chi connectivity index (χ1) is 12.9. The van der Waals surface area contributed by atoms with Gasteiger partial charge in [0.15, 0.2) is 0 Å². The van der Waals surface area contributed by atoms with Crippen LogP contribution >= 0.6 is 0 Å². The van der Waals surface area contributed by atoms with Crippen LogP contribution in [-0.4, -0.2) is 31.7 Å². The first-order valence-corrected chi connectivity index (χ1v) is 9.91. The summed E-state index contributed by atoms with van der Waals surface area (Å²) in [6.07, 6.45) is 1.09. The van der Waals surface area contributed by atoms with E-state index in [0.29, 0.717) is 19.4 Å². The van der Waals surface area contributed by atoms with E-state index in [9.17, 15) is 17.6 Å². The molecule has 1 atom stereocenters. The number of piperidine rings is 1. The van der Waals surface area contributed by atoms with Crippen molar-refractivity contribution >= 4 is 21.6 Å². The summed E-state index contributed by atoms with van der Waals surface area (Å²) in [6.45, 7) is 0.406. The lowest BCUT2D eigenvalue weighted by Crippen LogP contribution is -2.43. The number of anilines is 1. The van der Waals surface area contributed by atoms with Crippen molar-refractivity contribution < 1.29 is 17.6 Å². The Hall–Kier alpha value is -2.76. The molecular formula is C19H18FN3O3S. The molecule has 1 N–H and O–H groups in total. The van der Waals surface area contributed by atoms with Gasteiger partial charge in [-0.15, -0.1) is 0 Å². The standard InChI is InChI=1S/C19H18FN3O3S/c20-16-9-14(12-21)10-17(11-16)22-19(24)15-5-4-8-23(13-15)27(25,26)18-6-2-1-3-7-18/h1-3,6-7,9-11,15H,4-5,8,13H2,(H,22,24). The second-order valence-corrected chi connectivity index (χ2v) is 8.28. The summed E-state index contributed by atoms with van der Waals surface area (Å²) >= 11 is 0. The Kier molecular flexibility index (Phi) is 5.54. The second kappa shape index (κ2) is 7.86. The third-order valence-electron chi connectivity index (χ3n) is 4.43. The third-order valence-corrected chi connectivity index (χ3v) is 6.31. The summed E-state index contributed by atoms with van der Waals surface area (Å²) < 4.78 is 40.3. The Morgan fingerprint density at radius 3 is 2.67 bits per heavy atom. The summed E-state index contributed by atoms with van der Waals surface area (Å²) in [5.74, 6) is -1.57. The Balaban J connectivity index is 1.74. The molecule has 27 heavy (non-hydrogen) atoms. The van der Waals surface area contributed by atoms with Crippen molar-refractivity contribution in [2.24, 2.45) is 5.92 Å². The zero-order valence-electron chi connectivity index (χ0n) is 14.4. The number of nitrogens with zero attached hydrogens (tertiary/aromatic N) is 2. The van der Waals surface area contributed by atoms with E-state index in [1.54, 1.807) is 18.2 Å². The van der Waals surface area contributed by atoms with Crippen LogP contribution in [0.4, 0.5) is 10.1 Å². The molecule has 1 unspecified atom stereocenters. The maximum absolute atomic E-state index is 13.5. The van der Waals surface area contributed by atoms with Crippen LogP contribution in [0.5, 0.6) is 0 Å². The maximum atomic E-state index is 13.5. The van der Waals surface area contributed by atoms with E-state index >= 15 is 0 Å². The highest BCUT2D eigenvalue weighted by molar-refractivity contribution is 7.89. The van der Waals surface area contributed by atoms with Gasteiger partial charge in [0, 0.05) is 18.8 Å². The third kappa shape index (κ3) is 4.32. The van der Waals surface area contributed by atoms with Crippen LogP contribution in [0.2, 0.25) is 0 Å². The van der Waals surface area contributed by atoms with Crippen LogP contribution in [0.3, 0.4) is 0 Å². The molecule has 140 valence electrons. The number of nitrogens with one attached hydrogen (secondary N) is 1. The van der Waals surface area contributed by atoms with Gasteiger partial charge in [-0.05, 0) is 43.2 Å². The number of benzene rings is 2. The van der Waals surface area contributed by atoms with E-state index in [-0.39, 0.29) is 22.7 Å². The number of nitriles is 1. The fourth-order valence-corrected chi connectivity index (χ4v) is 4.63. The summed E-state index contributed by atoms with van der Waals surface area (Å²) in [5, 5.41) is 11.5. The highest BCUT2D eigenvalue weighted by atomic mass is 32.2. The number of hydrogen-bond donors (Lipinski definition) is 1. The van der Waals surface area contributed by atoms with E-state index < -0.39 is 27.7 Å². The van der Waals surface area contributed by atoms with Gasteiger partial charge in [0.2, 0.25) is 15.9 Å². The summed E-state index contributed by atoms with van der Waals surface area (Å²) in [4.78, 5) is 12.7. The molecule has 0 radical (unpaired) electrons. The topological polar surface area (TPSA) is 90.3 Å². The van der Waals surface area contributed by atoms with Crippen molar-refractivity contribution in [2.45, 2.75) is 17.7 Å². The van der Waals surface area contributed by atoms with Gasteiger partial charge < -0.3 is 5.32 Å². The number of carbonyl (C=O) groups excluding carboxylic acids is 1.